The third-order valence-corrected chi connectivity index (χ3v) is 4.09. The lowest BCUT2D eigenvalue weighted by Crippen LogP contribution is -2.12. The number of aryl methyl sites for hydroxylation is 1. The van der Waals surface area contributed by atoms with E-state index in [0.717, 1.165) is 23.7 Å². The molecule has 100 valence electrons. The van der Waals surface area contributed by atoms with Gasteiger partial charge in [-0.15, -0.1) is 11.6 Å². The lowest BCUT2D eigenvalue weighted by atomic mass is 10.1. The maximum absolute atomic E-state index is 12.0. The molecule has 0 aliphatic heterocycles. The predicted octanol–water partition coefficient (Wildman–Crippen LogP) is 4.11. The second kappa shape index (κ2) is 5.48. The zero-order chi connectivity index (χ0) is 13.3. The molecule has 1 unspecified atom stereocenters. The van der Waals surface area contributed by atoms with Crippen molar-refractivity contribution in [3.05, 3.63) is 23.0 Å². The third-order valence-electron chi connectivity index (χ3n) is 3.89. The summed E-state index contributed by atoms with van der Waals surface area (Å²) in [7, 11) is 0. The fourth-order valence-corrected chi connectivity index (χ4v) is 2.67. The van der Waals surface area contributed by atoms with Crippen molar-refractivity contribution in [2.75, 3.05) is 0 Å². The van der Waals surface area contributed by atoms with Gasteiger partial charge >= 0.3 is 0 Å². The molecule has 0 N–H and O–H groups in total. The highest BCUT2D eigenvalue weighted by molar-refractivity contribution is 6.33. The van der Waals surface area contributed by atoms with E-state index >= 15 is 0 Å². The van der Waals surface area contributed by atoms with Crippen LogP contribution in [0.4, 0.5) is 0 Å². The SMILES string of the molecule is Cc1cc(C(=O)C(C)Cl)c(C)n1CCCC1CC1. The van der Waals surface area contributed by atoms with E-state index in [-0.39, 0.29) is 5.78 Å². The van der Waals surface area contributed by atoms with Crippen molar-refractivity contribution in [3.8, 4) is 0 Å². The minimum absolute atomic E-state index is 0.0400. The number of Topliss-reactive ketones (excluding diaryl/α,β-unsaturated/α-hetero) is 1. The van der Waals surface area contributed by atoms with Crippen LogP contribution < -0.4 is 0 Å². The molecule has 1 saturated carbocycles. The Morgan fingerprint density at radius 2 is 2.17 bits per heavy atom. The second-order valence-corrected chi connectivity index (χ2v) is 6.16. The van der Waals surface area contributed by atoms with Crippen molar-refractivity contribution in [1.29, 1.82) is 0 Å². The predicted molar refractivity (Wildman–Crippen MR) is 75.5 cm³/mol. The molecule has 1 aromatic rings. The number of alkyl halides is 1. The highest BCUT2D eigenvalue weighted by Gasteiger charge is 2.22. The van der Waals surface area contributed by atoms with Crippen LogP contribution in [-0.4, -0.2) is 15.7 Å². The Labute approximate surface area is 114 Å². The first-order valence-electron chi connectivity index (χ1n) is 6.85. The number of halogens is 1. The Balaban J connectivity index is 2.07. The van der Waals surface area contributed by atoms with Crippen LogP contribution in [0.25, 0.3) is 0 Å². The van der Waals surface area contributed by atoms with E-state index in [2.05, 4.69) is 11.5 Å². The summed E-state index contributed by atoms with van der Waals surface area (Å²) < 4.78 is 2.26. The van der Waals surface area contributed by atoms with E-state index in [9.17, 15) is 4.79 Å². The van der Waals surface area contributed by atoms with Gasteiger partial charge in [0.25, 0.3) is 0 Å². The normalized spacial score (nSPS) is 16.9. The lowest BCUT2D eigenvalue weighted by molar-refractivity contribution is 0.0991. The zero-order valence-electron chi connectivity index (χ0n) is 11.5. The standard InChI is InChI=1S/C15H22ClNO/c1-10-9-14(15(18)11(2)16)12(3)17(10)8-4-5-13-6-7-13/h9,11,13H,4-8H2,1-3H3. The molecule has 3 heteroatoms. The number of nitrogens with zero attached hydrogens (tertiary/aromatic N) is 1. The quantitative estimate of drug-likeness (QED) is 0.562. The molecule has 0 radical (unpaired) electrons. The Morgan fingerprint density at radius 3 is 2.72 bits per heavy atom. The summed E-state index contributed by atoms with van der Waals surface area (Å²) in [6.07, 6.45) is 5.37. The molecule has 1 fully saturated rings. The number of rotatable bonds is 6. The largest absolute Gasteiger partial charge is 0.348 e. The van der Waals surface area contributed by atoms with E-state index in [0.29, 0.717) is 0 Å². The fourth-order valence-electron chi connectivity index (χ4n) is 2.55. The lowest BCUT2D eigenvalue weighted by Gasteiger charge is -2.09. The Kier molecular flexibility index (Phi) is 4.16. The molecular weight excluding hydrogens is 246 g/mol. The van der Waals surface area contributed by atoms with Crippen molar-refractivity contribution in [2.24, 2.45) is 5.92 Å². The Bertz CT molecular complexity index is 444. The van der Waals surface area contributed by atoms with Crippen molar-refractivity contribution >= 4 is 17.4 Å². The van der Waals surface area contributed by atoms with Gasteiger partial charge in [0.1, 0.15) is 0 Å². The van der Waals surface area contributed by atoms with Gasteiger partial charge in [-0.05, 0) is 45.6 Å². The summed E-state index contributed by atoms with van der Waals surface area (Å²) in [6, 6.07) is 1.98. The highest BCUT2D eigenvalue weighted by atomic mass is 35.5. The van der Waals surface area contributed by atoms with Gasteiger partial charge in [0.15, 0.2) is 5.78 Å². The van der Waals surface area contributed by atoms with Gasteiger partial charge in [-0.25, -0.2) is 0 Å². The molecule has 0 saturated heterocycles. The molecule has 0 aromatic carbocycles. The van der Waals surface area contributed by atoms with Crippen LogP contribution in [0.2, 0.25) is 0 Å². The number of hydrogen-bond donors (Lipinski definition) is 0. The van der Waals surface area contributed by atoms with Gasteiger partial charge in [-0.2, -0.15) is 0 Å². The van der Waals surface area contributed by atoms with Gasteiger partial charge in [0, 0.05) is 23.5 Å². The van der Waals surface area contributed by atoms with E-state index in [1.54, 1.807) is 6.92 Å². The molecule has 1 aromatic heterocycles. The summed E-state index contributed by atoms with van der Waals surface area (Å²) >= 11 is 5.89. The first-order chi connectivity index (χ1) is 8.50. The van der Waals surface area contributed by atoms with Crippen LogP contribution in [0.15, 0.2) is 6.07 Å². The average molecular weight is 268 g/mol. The molecule has 18 heavy (non-hydrogen) atoms. The molecular formula is C15H22ClNO. The van der Waals surface area contributed by atoms with Gasteiger partial charge in [0.05, 0.1) is 5.38 Å². The van der Waals surface area contributed by atoms with Crippen molar-refractivity contribution in [3.63, 3.8) is 0 Å². The molecule has 0 bridgehead atoms. The molecule has 2 rings (SSSR count). The summed E-state index contributed by atoms with van der Waals surface area (Å²) in [4.78, 5) is 12.0. The minimum atomic E-state index is -0.439. The average Bonchev–Trinajstić information content (AvgIpc) is 3.09. The van der Waals surface area contributed by atoms with Gasteiger partial charge < -0.3 is 4.57 Å². The number of aromatic nitrogens is 1. The van der Waals surface area contributed by atoms with Gasteiger partial charge in [-0.1, -0.05) is 12.8 Å². The van der Waals surface area contributed by atoms with Crippen LogP contribution in [0, 0.1) is 19.8 Å². The van der Waals surface area contributed by atoms with Crippen LogP contribution in [0.1, 0.15) is 54.4 Å². The second-order valence-electron chi connectivity index (χ2n) is 5.50. The summed E-state index contributed by atoms with van der Waals surface area (Å²) in [5.41, 5.74) is 3.03. The first kappa shape index (κ1) is 13.7. The number of hydrogen-bond acceptors (Lipinski definition) is 1. The van der Waals surface area contributed by atoms with E-state index in [4.69, 9.17) is 11.6 Å². The van der Waals surface area contributed by atoms with E-state index < -0.39 is 5.38 Å². The number of carbonyl (C=O) groups excluding carboxylic acids is 1. The molecule has 1 aliphatic rings. The number of ketones is 1. The van der Waals surface area contributed by atoms with Crippen molar-refractivity contribution in [2.45, 2.75) is 58.4 Å². The molecule has 1 heterocycles. The molecule has 1 atom stereocenters. The van der Waals surface area contributed by atoms with E-state index in [1.807, 2.05) is 13.0 Å². The first-order valence-corrected chi connectivity index (χ1v) is 7.29. The maximum Gasteiger partial charge on any atom is 0.182 e. The number of carbonyl (C=O) groups is 1. The molecule has 0 spiro atoms. The molecule has 2 nitrogen and oxygen atoms in total. The van der Waals surface area contributed by atoms with Gasteiger partial charge in [0.2, 0.25) is 0 Å². The van der Waals surface area contributed by atoms with Crippen molar-refractivity contribution in [1.82, 2.24) is 4.57 Å². The van der Waals surface area contributed by atoms with Crippen LogP contribution in [0.3, 0.4) is 0 Å². The summed E-state index contributed by atoms with van der Waals surface area (Å²) in [5, 5.41) is -0.439. The Morgan fingerprint density at radius 1 is 1.50 bits per heavy atom. The van der Waals surface area contributed by atoms with Crippen LogP contribution in [-0.2, 0) is 6.54 Å². The zero-order valence-corrected chi connectivity index (χ0v) is 12.3. The van der Waals surface area contributed by atoms with Crippen LogP contribution in [0.5, 0.6) is 0 Å². The highest BCUT2D eigenvalue weighted by Crippen LogP contribution is 2.33. The Hall–Kier alpha value is -0.760. The topological polar surface area (TPSA) is 22.0 Å². The van der Waals surface area contributed by atoms with E-state index in [1.165, 1.54) is 31.4 Å². The molecule has 1 aliphatic carbocycles. The molecule has 0 amide bonds. The van der Waals surface area contributed by atoms with Gasteiger partial charge in [-0.3, -0.25) is 4.79 Å². The van der Waals surface area contributed by atoms with Crippen LogP contribution >= 0.6 is 11.6 Å². The maximum atomic E-state index is 12.0. The van der Waals surface area contributed by atoms with Crippen molar-refractivity contribution < 1.29 is 4.79 Å². The summed E-state index contributed by atoms with van der Waals surface area (Å²) in [6.45, 7) is 6.86. The smallest absolute Gasteiger partial charge is 0.182 e. The minimum Gasteiger partial charge on any atom is -0.348 e. The monoisotopic (exact) mass is 267 g/mol. The summed E-state index contributed by atoms with van der Waals surface area (Å²) in [5.74, 6) is 1.02. The fraction of sp³-hybridized carbons (Fsp3) is 0.667. The third kappa shape index (κ3) is 2.97.